The van der Waals surface area contributed by atoms with Crippen molar-refractivity contribution in [2.45, 2.75) is 39.7 Å². The second-order valence-electron chi connectivity index (χ2n) is 6.64. The van der Waals surface area contributed by atoms with Crippen LogP contribution in [-0.4, -0.2) is 33.5 Å². The fraction of sp³-hybridized carbons (Fsp3) is 0.368. The highest BCUT2D eigenvalue weighted by atomic mass is 32.1. The highest BCUT2D eigenvalue weighted by Gasteiger charge is 2.16. The lowest BCUT2D eigenvalue weighted by Gasteiger charge is -2.13. The Hall–Kier alpha value is -2.81. The van der Waals surface area contributed by atoms with Gasteiger partial charge in [-0.1, -0.05) is 13.8 Å². The first-order valence-corrected chi connectivity index (χ1v) is 9.64. The van der Waals surface area contributed by atoms with E-state index in [1.54, 1.807) is 6.07 Å². The quantitative estimate of drug-likeness (QED) is 0.639. The second kappa shape index (κ2) is 8.47. The normalized spacial score (nSPS) is 12.2. The molecule has 1 N–H and O–H groups in total. The van der Waals surface area contributed by atoms with E-state index in [0.29, 0.717) is 10.2 Å². The minimum atomic E-state index is -0.465. The van der Waals surface area contributed by atoms with Gasteiger partial charge in [-0.15, -0.1) is 11.3 Å². The molecule has 0 aliphatic carbocycles. The number of rotatable bonds is 7. The molecule has 0 bridgehead atoms. The van der Waals surface area contributed by atoms with E-state index < -0.39 is 5.82 Å². The average Bonchev–Trinajstić information content (AvgIpc) is 3.08. The molecular formula is C19H21FN4O3S. The number of fused-ring (bicyclic) bond motifs is 1. The molecule has 0 fully saturated rings. The Morgan fingerprint density at radius 3 is 2.57 bits per heavy atom. The van der Waals surface area contributed by atoms with Crippen LogP contribution in [0.25, 0.3) is 10.2 Å². The standard InChI is InChI=1S/C19H21FN4O3S/c1-10(2)19-24-13-5-6-14(17(20)18(13)28-19)27-16-8-21-15(7-22-16)26-9-11(3)23-12(4)25/h5-8,10-11H,9H2,1-4H3,(H,23,25). The van der Waals surface area contributed by atoms with Gasteiger partial charge in [0.1, 0.15) is 6.61 Å². The fourth-order valence-electron chi connectivity index (χ4n) is 2.43. The van der Waals surface area contributed by atoms with Crippen molar-refractivity contribution in [3.63, 3.8) is 0 Å². The van der Waals surface area contributed by atoms with Gasteiger partial charge in [0, 0.05) is 12.8 Å². The van der Waals surface area contributed by atoms with E-state index in [0.717, 1.165) is 5.01 Å². The minimum absolute atomic E-state index is 0.0636. The van der Waals surface area contributed by atoms with Crippen LogP contribution in [-0.2, 0) is 4.79 Å². The van der Waals surface area contributed by atoms with Gasteiger partial charge in [0.25, 0.3) is 0 Å². The molecule has 3 rings (SSSR count). The van der Waals surface area contributed by atoms with E-state index in [-0.39, 0.29) is 42.0 Å². The van der Waals surface area contributed by atoms with E-state index >= 15 is 0 Å². The molecule has 0 spiro atoms. The molecule has 0 saturated carbocycles. The number of carbonyl (C=O) groups excluding carboxylic acids is 1. The summed E-state index contributed by atoms with van der Waals surface area (Å²) in [6.07, 6.45) is 2.74. The van der Waals surface area contributed by atoms with Crippen LogP contribution in [0.1, 0.15) is 38.6 Å². The number of thiazole rings is 1. The Morgan fingerprint density at radius 1 is 1.21 bits per heavy atom. The molecule has 3 aromatic rings. The fourth-order valence-corrected chi connectivity index (χ4v) is 3.43. The maximum absolute atomic E-state index is 14.8. The molecule has 1 atom stereocenters. The van der Waals surface area contributed by atoms with Gasteiger partial charge in [0.05, 0.1) is 33.7 Å². The van der Waals surface area contributed by atoms with Crippen molar-refractivity contribution in [1.29, 1.82) is 0 Å². The lowest BCUT2D eigenvalue weighted by molar-refractivity contribution is -0.119. The van der Waals surface area contributed by atoms with Gasteiger partial charge in [-0.05, 0) is 19.1 Å². The monoisotopic (exact) mass is 404 g/mol. The summed E-state index contributed by atoms with van der Waals surface area (Å²) in [6.45, 7) is 7.54. The zero-order valence-corrected chi connectivity index (χ0v) is 16.8. The first kappa shape index (κ1) is 19.9. The van der Waals surface area contributed by atoms with E-state index in [9.17, 15) is 9.18 Å². The first-order valence-electron chi connectivity index (χ1n) is 8.82. The van der Waals surface area contributed by atoms with Gasteiger partial charge >= 0.3 is 0 Å². The van der Waals surface area contributed by atoms with Crippen molar-refractivity contribution in [2.75, 3.05) is 6.61 Å². The molecule has 148 valence electrons. The molecule has 2 heterocycles. The van der Waals surface area contributed by atoms with Crippen LogP contribution in [0.2, 0.25) is 0 Å². The summed E-state index contributed by atoms with van der Waals surface area (Å²) in [5.41, 5.74) is 0.613. The molecule has 0 aliphatic heterocycles. The summed E-state index contributed by atoms with van der Waals surface area (Å²) in [4.78, 5) is 23.6. The largest absolute Gasteiger partial charge is 0.474 e. The number of benzene rings is 1. The van der Waals surface area contributed by atoms with Gasteiger partial charge in [-0.2, -0.15) is 0 Å². The van der Waals surface area contributed by atoms with Crippen molar-refractivity contribution in [2.24, 2.45) is 0 Å². The van der Waals surface area contributed by atoms with Crippen LogP contribution in [0.4, 0.5) is 4.39 Å². The molecular weight excluding hydrogens is 383 g/mol. The zero-order valence-electron chi connectivity index (χ0n) is 16.0. The number of hydrogen-bond acceptors (Lipinski definition) is 7. The number of nitrogens with one attached hydrogen (secondary N) is 1. The maximum atomic E-state index is 14.8. The van der Waals surface area contributed by atoms with Crippen molar-refractivity contribution in [3.8, 4) is 17.5 Å². The number of ether oxygens (including phenoxy) is 2. The third-order valence-electron chi connectivity index (χ3n) is 3.72. The van der Waals surface area contributed by atoms with E-state index in [1.807, 2.05) is 20.8 Å². The lowest BCUT2D eigenvalue weighted by Crippen LogP contribution is -2.35. The van der Waals surface area contributed by atoms with E-state index in [1.165, 1.54) is 36.7 Å². The average molecular weight is 404 g/mol. The van der Waals surface area contributed by atoms with Crippen LogP contribution in [0.3, 0.4) is 0 Å². The molecule has 0 aliphatic rings. The topological polar surface area (TPSA) is 86.2 Å². The summed E-state index contributed by atoms with van der Waals surface area (Å²) in [6, 6.07) is 3.10. The predicted octanol–water partition coefficient (Wildman–Crippen LogP) is 4.04. The molecule has 9 heteroatoms. The minimum Gasteiger partial charge on any atom is -0.474 e. The Bertz CT molecular complexity index is 975. The van der Waals surface area contributed by atoms with Crippen LogP contribution in [0.15, 0.2) is 24.5 Å². The van der Waals surface area contributed by atoms with Gasteiger partial charge < -0.3 is 14.8 Å². The lowest BCUT2D eigenvalue weighted by atomic mass is 10.2. The molecule has 7 nitrogen and oxygen atoms in total. The smallest absolute Gasteiger partial charge is 0.238 e. The molecule has 2 aromatic heterocycles. The number of hydrogen-bond donors (Lipinski definition) is 1. The number of amides is 1. The number of nitrogens with zero attached hydrogens (tertiary/aromatic N) is 3. The van der Waals surface area contributed by atoms with Crippen molar-refractivity contribution in [3.05, 3.63) is 35.4 Å². The zero-order chi connectivity index (χ0) is 20.3. The molecule has 1 amide bonds. The van der Waals surface area contributed by atoms with Crippen molar-refractivity contribution < 1.29 is 18.7 Å². The number of halogens is 1. The second-order valence-corrected chi connectivity index (χ2v) is 7.67. The van der Waals surface area contributed by atoms with Crippen LogP contribution >= 0.6 is 11.3 Å². The molecule has 28 heavy (non-hydrogen) atoms. The van der Waals surface area contributed by atoms with E-state index in [4.69, 9.17) is 9.47 Å². The highest BCUT2D eigenvalue weighted by Crippen LogP contribution is 2.34. The van der Waals surface area contributed by atoms with E-state index in [2.05, 4.69) is 20.3 Å². The molecule has 1 unspecified atom stereocenters. The third-order valence-corrected chi connectivity index (χ3v) is 5.09. The maximum Gasteiger partial charge on any atom is 0.238 e. The number of carbonyl (C=O) groups is 1. The van der Waals surface area contributed by atoms with Gasteiger partial charge in [0.2, 0.25) is 17.7 Å². The Morgan fingerprint density at radius 2 is 1.93 bits per heavy atom. The first-order chi connectivity index (χ1) is 13.3. The van der Waals surface area contributed by atoms with Gasteiger partial charge in [0.15, 0.2) is 11.6 Å². The predicted molar refractivity (Wildman–Crippen MR) is 105 cm³/mol. The van der Waals surface area contributed by atoms with Crippen molar-refractivity contribution >= 4 is 27.5 Å². The van der Waals surface area contributed by atoms with Crippen LogP contribution < -0.4 is 14.8 Å². The summed E-state index contributed by atoms with van der Waals surface area (Å²) in [5, 5.41) is 3.58. The summed E-state index contributed by atoms with van der Waals surface area (Å²) in [7, 11) is 0. The Balaban J connectivity index is 1.68. The van der Waals surface area contributed by atoms with Crippen molar-refractivity contribution in [1.82, 2.24) is 20.3 Å². The van der Waals surface area contributed by atoms with Gasteiger partial charge in [-0.3, -0.25) is 4.79 Å². The molecule has 0 saturated heterocycles. The summed E-state index contributed by atoms with van der Waals surface area (Å²) >= 11 is 1.32. The number of aromatic nitrogens is 3. The Labute approximate surface area is 165 Å². The molecule has 1 aromatic carbocycles. The van der Waals surface area contributed by atoms with Gasteiger partial charge in [-0.25, -0.2) is 19.3 Å². The highest BCUT2D eigenvalue weighted by molar-refractivity contribution is 7.18. The summed E-state index contributed by atoms with van der Waals surface area (Å²) in [5.74, 6) is 0.125. The summed E-state index contributed by atoms with van der Waals surface area (Å²) < 4.78 is 26.2. The SMILES string of the molecule is CC(=O)NC(C)COc1cnc(Oc2ccc3nc(C(C)C)sc3c2F)cn1. The Kier molecular flexibility index (Phi) is 6.03. The van der Waals surface area contributed by atoms with Crippen LogP contribution in [0.5, 0.6) is 17.5 Å². The van der Waals surface area contributed by atoms with Crippen LogP contribution in [0, 0.1) is 5.82 Å². The molecule has 0 radical (unpaired) electrons. The third kappa shape index (κ3) is 4.72.